The summed E-state index contributed by atoms with van der Waals surface area (Å²) < 4.78 is 87.2. The fourth-order valence-electron chi connectivity index (χ4n) is 5.51. The summed E-state index contributed by atoms with van der Waals surface area (Å²) in [4.78, 5) is 12.4. The number of allylic oxidation sites excluding steroid dienone is 3. The van der Waals surface area contributed by atoms with E-state index in [2.05, 4.69) is 0 Å². The number of Topliss-reactive ketones (excluding diaryl/α,β-unsaturated/α-hetero) is 1. The fourth-order valence-corrected chi connectivity index (χ4v) is 6.77. The Bertz CT molecular complexity index is 771. The first-order chi connectivity index (χ1) is 14.0. The van der Waals surface area contributed by atoms with Gasteiger partial charge in [-0.1, -0.05) is 24.6 Å². The summed E-state index contributed by atoms with van der Waals surface area (Å²) >= 11 is 0. The molecular weight excluding hydrogens is 438 g/mol. The lowest BCUT2D eigenvalue weighted by Gasteiger charge is -2.41. The molecule has 0 aromatic rings. The Labute approximate surface area is 180 Å². The topological polar surface area (TPSA) is 26.3 Å². The lowest BCUT2D eigenvalue weighted by Crippen LogP contribution is -2.61. The van der Waals surface area contributed by atoms with Crippen molar-refractivity contribution in [2.24, 2.45) is 16.7 Å². The Morgan fingerprint density at radius 3 is 2.16 bits per heavy atom. The standard InChI is InChI=1S/C22H30F6O2Si/c1-18-10-5-7-16(29)15(18)8-9-17(18)19(13-14-19)11-6-12-20(21(23,24)25,22(26,27)28)30-31(2,3)4/h6,9,12,15H,5,7-8,10-11,13-14H2,1-4H3/b12-6+/t15-,18+/m0/s1. The maximum absolute atomic E-state index is 13.7. The molecule has 0 heterocycles. The molecule has 0 saturated heterocycles. The van der Waals surface area contributed by atoms with Gasteiger partial charge in [0.25, 0.3) is 5.60 Å². The summed E-state index contributed by atoms with van der Waals surface area (Å²) in [5.41, 5.74) is -4.03. The van der Waals surface area contributed by atoms with Gasteiger partial charge in [0, 0.05) is 12.3 Å². The van der Waals surface area contributed by atoms with Gasteiger partial charge >= 0.3 is 12.4 Å². The van der Waals surface area contributed by atoms with E-state index in [0.29, 0.717) is 25.7 Å². The van der Waals surface area contributed by atoms with Gasteiger partial charge in [0.2, 0.25) is 0 Å². The van der Waals surface area contributed by atoms with Gasteiger partial charge < -0.3 is 4.43 Å². The number of alkyl halides is 6. The number of rotatable bonds is 6. The number of carbonyl (C=O) groups is 1. The van der Waals surface area contributed by atoms with Crippen molar-refractivity contribution in [1.29, 1.82) is 0 Å². The van der Waals surface area contributed by atoms with Gasteiger partial charge in [0.1, 0.15) is 5.78 Å². The molecule has 2 nitrogen and oxygen atoms in total. The van der Waals surface area contributed by atoms with Crippen LogP contribution in [-0.2, 0) is 9.22 Å². The first-order valence-corrected chi connectivity index (χ1v) is 14.1. The molecule has 2 atom stereocenters. The molecule has 2 fully saturated rings. The highest BCUT2D eigenvalue weighted by molar-refractivity contribution is 6.69. The third-order valence-electron chi connectivity index (χ3n) is 7.05. The van der Waals surface area contributed by atoms with Crippen molar-refractivity contribution >= 4 is 14.1 Å². The number of halogens is 6. The molecule has 31 heavy (non-hydrogen) atoms. The summed E-state index contributed by atoms with van der Waals surface area (Å²) in [5.74, 6) is 0.0976. The Kier molecular flexibility index (Phi) is 5.91. The maximum atomic E-state index is 13.7. The number of hydrogen-bond acceptors (Lipinski definition) is 2. The van der Waals surface area contributed by atoms with Crippen LogP contribution in [0.1, 0.15) is 51.9 Å². The van der Waals surface area contributed by atoms with Gasteiger partial charge in [0.15, 0.2) is 8.32 Å². The smallest absolute Gasteiger partial charge is 0.394 e. The molecule has 3 aliphatic rings. The second kappa shape index (κ2) is 7.47. The Morgan fingerprint density at radius 2 is 1.68 bits per heavy atom. The number of fused-ring (bicyclic) bond motifs is 1. The van der Waals surface area contributed by atoms with Gasteiger partial charge in [-0.25, -0.2) is 0 Å². The van der Waals surface area contributed by atoms with Crippen molar-refractivity contribution in [3.05, 3.63) is 23.8 Å². The van der Waals surface area contributed by atoms with Gasteiger partial charge in [-0.2, -0.15) is 26.3 Å². The average molecular weight is 469 g/mol. The third-order valence-corrected chi connectivity index (χ3v) is 7.98. The molecule has 3 rings (SSSR count). The minimum atomic E-state index is -5.63. The predicted molar refractivity (Wildman–Crippen MR) is 108 cm³/mol. The molecular formula is C22H30F6O2Si. The van der Waals surface area contributed by atoms with Crippen LogP contribution in [0.15, 0.2) is 23.8 Å². The van der Waals surface area contributed by atoms with E-state index in [1.807, 2.05) is 13.0 Å². The van der Waals surface area contributed by atoms with Crippen molar-refractivity contribution in [3.8, 4) is 0 Å². The number of hydrogen-bond donors (Lipinski definition) is 0. The van der Waals surface area contributed by atoms with Gasteiger partial charge in [0.05, 0.1) is 0 Å². The Balaban J connectivity index is 1.89. The SMILES string of the molecule is C[C@@]12CCCC(=O)[C@@H]1CC=C2C1(C/C=C/C(O[Si](C)(C)C)(C(F)(F)F)C(F)(F)F)CC1. The summed E-state index contributed by atoms with van der Waals surface area (Å²) in [7, 11) is -3.20. The summed E-state index contributed by atoms with van der Waals surface area (Å²) in [6, 6.07) is 0. The quantitative estimate of drug-likeness (QED) is 0.235. The predicted octanol–water partition coefficient (Wildman–Crippen LogP) is 7.13. The van der Waals surface area contributed by atoms with E-state index in [9.17, 15) is 31.1 Å². The van der Waals surface area contributed by atoms with Crippen LogP contribution in [0.3, 0.4) is 0 Å². The van der Waals surface area contributed by atoms with E-state index >= 15 is 0 Å². The van der Waals surface area contributed by atoms with Gasteiger partial charge in [-0.3, -0.25) is 4.79 Å². The summed E-state index contributed by atoms with van der Waals surface area (Å²) in [5, 5.41) is 0. The summed E-state index contributed by atoms with van der Waals surface area (Å²) in [6.07, 6.45) is -3.78. The molecule has 9 heteroatoms. The monoisotopic (exact) mass is 468 g/mol. The van der Waals surface area contributed by atoms with Crippen molar-refractivity contribution in [2.45, 2.75) is 89.5 Å². The van der Waals surface area contributed by atoms with E-state index in [4.69, 9.17) is 4.43 Å². The molecule has 0 unspecified atom stereocenters. The minimum absolute atomic E-state index is 0.0816. The van der Waals surface area contributed by atoms with Crippen molar-refractivity contribution < 1.29 is 35.6 Å². The minimum Gasteiger partial charge on any atom is -0.394 e. The molecule has 0 aromatic heterocycles. The zero-order valence-corrected chi connectivity index (χ0v) is 19.3. The Morgan fingerprint density at radius 1 is 1.10 bits per heavy atom. The van der Waals surface area contributed by atoms with E-state index in [0.717, 1.165) is 24.5 Å². The van der Waals surface area contributed by atoms with E-state index < -0.39 is 31.7 Å². The zero-order chi connectivity index (χ0) is 23.5. The molecule has 0 bridgehead atoms. The van der Waals surface area contributed by atoms with Crippen molar-refractivity contribution in [3.63, 3.8) is 0 Å². The highest BCUT2D eigenvalue weighted by Crippen LogP contribution is 2.66. The van der Waals surface area contributed by atoms with Gasteiger partial charge in [-0.15, -0.1) is 0 Å². The van der Waals surface area contributed by atoms with Crippen LogP contribution >= 0.6 is 0 Å². The fraction of sp³-hybridized carbons (Fsp3) is 0.773. The molecule has 0 amide bonds. The van der Waals surface area contributed by atoms with E-state index in [1.165, 1.54) is 19.6 Å². The van der Waals surface area contributed by atoms with Crippen molar-refractivity contribution in [1.82, 2.24) is 0 Å². The first-order valence-electron chi connectivity index (χ1n) is 10.7. The summed E-state index contributed by atoms with van der Waals surface area (Å²) in [6.45, 7) is 5.95. The molecule has 0 spiro atoms. The van der Waals surface area contributed by atoms with E-state index in [-0.39, 0.29) is 29.6 Å². The van der Waals surface area contributed by atoms with Gasteiger partial charge in [-0.05, 0) is 75.1 Å². The number of carbonyl (C=O) groups excluding carboxylic acids is 1. The molecule has 176 valence electrons. The molecule has 0 aliphatic heterocycles. The average Bonchev–Trinajstić information content (AvgIpc) is 3.25. The Hall–Kier alpha value is -1.09. The normalized spacial score (nSPS) is 29.3. The van der Waals surface area contributed by atoms with Crippen LogP contribution in [0, 0.1) is 16.7 Å². The first kappa shape index (κ1) is 24.5. The molecule has 0 aromatic carbocycles. The molecule has 0 radical (unpaired) electrons. The largest absolute Gasteiger partial charge is 0.429 e. The second-order valence-electron chi connectivity index (χ2n) is 10.5. The molecule has 2 saturated carbocycles. The van der Waals surface area contributed by atoms with Crippen LogP contribution in [0.5, 0.6) is 0 Å². The van der Waals surface area contributed by atoms with Crippen LogP contribution in [-0.4, -0.2) is 32.1 Å². The lowest BCUT2D eigenvalue weighted by molar-refractivity contribution is -0.340. The van der Waals surface area contributed by atoms with Crippen LogP contribution in [0.2, 0.25) is 19.6 Å². The maximum Gasteiger partial charge on any atom is 0.429 e. The van der Waals surface area contributed by atoms with Crippen molar-refractivity contribution in [2.75, 3.05) is 0 Å². The highest BCUT2D eigenvalue weighted by atomic mass is 28.4. The second-order valence-corrected chi connectivity index (χ2v) is 14.9. The lowest BCUT2D eigenvalue weighted by atomic mass is 9.62. The van der Waals surface area contributed by atoms with Crippen LogP contribution in [0.4, 0.5) is 26.3 Å². The van der Waals surface area contributed by atoms with E-state index in [1.54, 1.807) is 0 Å². The highest BCUT2D eigenvalue weighted by Gasteiger charge is 2.71. The number of ketones is 1. The van der Waals surface area contributed by atoms with Crippen LogP contribution < -0.4 is 0 Å². The molecule has 3 aliphatic carbocycles. The van der Waals surface area contributed by atoms with Crippen LogP contribution in [0.25, 0.3) is 0 Å². The third kappa shape index (κ3) is 4.28. The zero-order valence-electron chi connectivity index (χ0n) is 18.3. The molecule has 0 N–H and O–H groups in total.